The van der Waals surface area contributed by atoms with Crippen molar-refractivity contribution in [1.82, 2.24) is 28.7 Å². The Kier molecular flexibility index (Phi) is 8.68. The molecule has 13 rings (SSSR count). The summed E-state index contributed by atoms with van der Waals surface area (Å²) in [5, 5.41) is 7.22. The summed E-state index contributed by atoms with van der Waals surface area (Å²) < 4.78 is 7.58. The molecule has 318 valence electrons. The van der Waals surface area contributed by atoms with E-state index >= 15 is 0 Å². The van der Waals surface area contributed by atoms with Gasteiger partial charge in [0, 0.05) is 49.0 Å². The van der Waals surface area contributed by atoms with Gasteiger partial charge in [0.15, 0.2) is 17.5 Å². The first-order valence-corrected chi connectivity index (χ1v) is 23.0. The first kappa shape index (κ1) is 38.8. The number of rotatable bonds is 6. The highest BCUT2D eigenvalue weighted by Gasteiger charge is 2.28. The highest BCUT2D eigenvalue weighted by atomic mass is 15.1. The lowest BCUT2D eigenvalue weighted by atomic mass is 10.1. The molecule has 13 aromatic rings. The summed E-state index contributed by atoms with van der Waals surface area (Å²) in [4.78, 5) is 16.0. The van der Waals surface area contributed by atoms with Crippen LogP contribution in [0, 0.1) is 27.7 Å². The van der Waals surface area contributed by atoms with Crippen molar-refractivity contribution in [2.45, 2.75) is 27.7 Å². The SMILES string of the molecule is Cc1cccc2c3cccc(C)c3n(-c3cc(-c4nc(-c5ccccc5)nc(-c5ccccc5)n4)cc(-n4c5c(C)cccc5c5cccc(C)c54)c3-n3c4ccccc4c4ccccc43)c12. The lowest BCUT2D eigenvalue weighted by Crippen LogP contribution is -2.11. The summed E-state index contributed by atoms with van der Waals surface area (Å²) in [7, 11) is 0. The topological polar surface area (TPSA) is 53.5 Å². The maximum atomic E-state index is 5.41. The van der Waals surface area contributed by atoms with Crippen LogP contribution in [0.4, 0.5) is 0 Å². The monoisotopic (exact) mass is 860 g/mol. The highest BCUT2D eigenvalue weighted by molar-refractivity contribution is 6.15. The largest absolute Gasteiger partial charge is 0.306 e. The van der Waals surface area contributed by atoms with Gasteiger partial charge in [-0.25, -0.2) is 15.0 Å². The summed E-state index contributed by atoms with van der Waals surface area (Å²) in [6.07, 6.45) is 0. The summed E-state index contributed by atoms with van der Waals surface area (Å²) >= 11 is 0. The third-order valence-corrected chi connectivity index (χ3v) is 13.7. The van der Waals surface area contributed by atoms with Gasteiger partial charge in [0.2, 0.25) is 0 Å². The molecule has 0 N–H and O–H groups in total. The zero-order valence-corrected chi connectivity index (χ0v) is 37.7. The Balaban J connectivity index is 1.30. The fourth-order valence-corrected chi connectivity index (χ4v) is 10.8. The van der Waals surface area contributed by atoms with E-state index < -0.39 is 0 Å². The van der Waals surface area contributed by atoms with Crippen LogP contribution >= 0.6 is 0 Å². The third kappa shape index (κ3) is 5.86. The van der Waals surface area contributed by atoms with E-state index in [2.05, 4.69) is 199 Å². The van der Waals surface area contributed by atoms with Gasteiger partial charge in [-0.15, -0.1) is 0 Å². The summed E-state index contributed by atoms with van der Waals surface area (Å²) in [6.45, 7) is 8.95. The number of hydrogen-bond acceptors (Lipinski definition) is 3. The normalized spacial score (nSPS) is 11.9. The maximum absolute atomic E-state index is 5.41. The number of para-hydroxylation sites is 6. The van der Waals surface area contributed by atoms with Crippen molar-refractivity contribution >= 4 is 65.4 Å². The Labute approximate surface area is 387 Å². The van der Waals surface area contributed by atoms with Gasteiger partial charge in [0.25, 0.3) is 0 Å². The summed E-state index contributed by atoms with van der Waals surface area (Å²) in [5.74, 6) is 1.82. The van der Waals surface area contributed by atoms with Crippen molar-refractivity contribution in [3.63, 3.8) is 0 Å². The van der Waals surface area contributed by atoms with Crippen molar-refractivity contribution in [3.05, 3.63) is 216 Å². The van der Waals surface area contributed by atoms with E-state index in [0.717, 1.165) is 66.9 Å². The van der Waals surface area contributed by atoms with Crippen molar-refractivity contribution in [2.24, 2.45) is 0 Å². The van der Waals surface area contributed by atoms with Crippen molar-refractivity contribution in [3.8, 4) is 51.2 Å². The van der Waals surface area contributed by atoms with Gasteiger partial charge in [0.05, 0.1) is 50.2 Å². The molecule has 0 saturated carbocycles. The average Bonchev–Trinajstić information content (AvgIpc) is 4.02. The minimum absolute atomic E-state index is 0.590. The van der Waals surface area contributed by atoms with Gasteiger partial charge in [-0.1, -0.05) is 170 Å². The maximum Gasteiger partial charge on any atom is 0.164 e. The predicted molar refractivity (Wildman–Crippen MR) is 278 cm³/mol. The highest BCUT2D eigenvalue weighted by Crippen LogP contribution is 2.46. The molecule has 9 aromatic carbocycles. The quantitative estimate of drug-likeness (QED) is 0.167. The molecule has 0 radical (unpaired) electrons. The molecule has 67 heavy (non-hydrogen) atoms. The van der Waals surface area contributed by atoms with Gasteiger partial charge in [-0.2, -0.15) is 0 Å². The molecule has 0 aliphatic carbocycles. The second-order valence-corrected chi connectivity index (χ2v) is 17.8. The van der Waals surface area contributed by atoms with Gasteiger partial charge in [-0.05, 0) is 74.2 Å². The predicted octanol–water partition coefficient (Wildman–Crippen LogP) is 15.4. The third-order valence-electron chi connectivity index (χ3n) is 13.7. The van der Waals surface area contributed by atoms with Gasteiger partial charge in [0.1, 0.15) is 0 Å². The van der Waals surface area contributed by atoms with E-state index in [1.807, 2.05) is 36.4 Å². The van der Waals surface area contributed by atoms with E-state index in [4.69, 9.17) is 15.0 Å². The molecule has 0 bridgehead atoms. The van der Waals surface area contributed by atoms with Crippen LogP contribution in [0.3, 0.4) is 0 Å². The molecule has 4 heterocycles. The van der Waals surface area contributed by atoms with Crippen LogP contribution in [0.1, 0.15) is 22.3 Å². The number of aryl methyl sites for hydroxylation is 4. The Morgan fingerprint density at radius 2 is 0.597 bits per heavy atom. The Bertz CT molecular complexity index is 3760. The van der Waals surface area contributed by atoms with Crippen LogP contribution < -0.4 is 0 Å². The van der Waals surface area contributed by atoms with Gasteiger partial charge < -0.3 is 13.7 Å². The van der Waals surface area contributed by atoms with Crippen LogP contribution in [0.5, 0.6) is 0 Å². The van der Waals surface area contributed by atoms with Gasteiger partial charge in [-0.3, -0.25) is 0 Å². The van der Waals surface area contributed by atoms with Gasteiger partial charge >= 0.3 is 0 Å². The Morgan fingerprint density at radius 3 is 0.970 bits per heavy atom. The molecule has 0 aliphatic heterocycles. The van der Waals surface area contributed by atoms with Crippen LogP contribution in [-0.4, -0.2) is 28.7 Å². The van der Waals surface area contributed by atoms with E-state index in [1.54, 1.807) is 0 Å². The van der Waals surface area contributed by atoms with Crippen LogP contribution in [0.15, 0.2) is 194 Å². The molecule has 0 aliphatic rings. The fourth-order valence-electron chi connectivity index (χ4n) is 10.8. The fraction of sp³-hybridized carbons (Fsp3) is 0.0656. The smallest absolute Gasteiger partial charge is 0.164 e. The minimum Gasteiger partial charge on any atom is -0.306 e. The number of hydrogen-bond donors (Lipinski definition) is 0. The van der Waals surface area contributed by atoms with E-state index in [9.17, 15) is 0 Å². The van der Waals surface area contributed by atoms with Crippen molar-refractivity contribution in [2.75, 3.05) is 0 Å². The van der Waals surface area contributed by atoms with Crippen LogP contribution in [-0.2, 0) is 0 Å². The summed E-state index contributed by atoms with van der Waals surface area (Å²) in [6, 6.07) is 69.6. The molecule has 0 unspecified atom stereocenters. The lowest BCUT2D eigenvalue weighted by molar-refractivity contribution is 1.03. The molecule has 6 nitrogen and oxygen atoms in total. The standard InChI is InChI=1S/C61H44N6/c1-37-19-15-29-46-47-30-16-20-38(2)55(47)66(54(37)46)52-35-43(61-63-59(41-23-7-5-8-24-41)62-60(64-61)42-25-9-6-10-26-42)36-53(58(52)65-50-33-13-11-27-44(50)45-28-12-14-34-51(45)65)67-56-39(3)21-17-31-48(56)49-32-18-22-40(4)57(49)67/h5-36H,1-4H3. The molecule has 4 aromatic heterocycles. The number of fused-ring (bicyclic) bond motifs is 9. The van der Waals surface area contributed by atoms with Crippen LogP contribution in [0.25, 0.3) is 117 Å². The zero-order chi connectivity index (χ0) is 44.9. The van der Waals surface area contributed by atoms with Crippen molar-refractivity contribution in [1.29, 1.82) is 0 Å². The number of nitrogens with zero attached hydrogens (tertiary/aromatic N) is 6. The second kappa shape index (κ2) is 15.0. The molecule has 0 fully saturated rings. The zero-order valence-electron chi connectivity index (χ0n) is 37.7. The lowest BCUT2D eigenvalue weighted by Gasteiger charge is -2.24. The molecular formula is C61H44N6. The first-order valence-electron chi connectivity index (χ1n) is 23.0. The molecule has 0 atom stereocenters. The molecule has 0 saturated heterocycles. The van der Waals surface area contributed by atoms with E-state index in [1.165, 1.54) is 54.6 Å². The molecule has 0 amide bonds. The van der Waals surface area contributed by atoms with E-state index in [0.29, 0.717) is 17.5 Å². The minimum atomic E-state index is 0.590. The van der Waals surface area contributed by atoms with Crippen LogP contribution in [0.2, 0.25) is 0 Å². The average molecular weight is 861 g/mol. The first-order chi connectivity index (χ1) is 32.9. The molecule has 6 heteroatoms. The Hall–Kier alpha value is -8.61. The number of benzene rings is 9. The molecule has 0 spiro atoms. The summed E-state index contributed by atoms with van der Waals surface area (Å²) in [5.41, 5.74) is 17.5. The van der Waals surface area contributed by atoms with E-state index in [-0.39, 0.29) is 0 Å². The van der Waals surface area contributed by atoms with Crippen molar-refractivity contribution < 1.29 is 0 Å². The molecular weight excluding hydrogens is 817 g/mol. The second-order valence-electron chi connectivity index (χ2n) is 17.8. The number of aromatic nitrogens is 6. The Morgan fingerprint density at radius 1 is 0.284 bits per heavy atom.